The molecule has 2 aromatic rings. The van der Waals surface area contributed by atoms with Crippen molar-refractivity contribution >= 4 is 34.1 Å². The van der Waals surface area contributed by atoms with E-state index in [0.29, 0.717) is 20.8 Å². The largest absolute Gasteiger partial charge is 0.494 e. The van der Waals surface area contributed by atoms with Gasteiger partial charge in [0.25, 0.3) is 5.56 Å². The number of nitrogens with one attached hydrogen (secondary N) is 2. The number of aromatic nitrogens is 2. The van der Waals surface area contributed by atoms with Crippen LogP contribution in [0, 0.1) is 9.39 Å². The van der Waals surface area contributed by atoms with Gasteiger partial charge in [0.05, 0.1) is 19.1 Å². The molecule has 0 aliphatic carbocycles. The zero-order chi connectivity index (χ0) is 13.1. The molecule has 0 unspecified atom stereocenters. The molecule has 2 N–H and O–H groups in total. The molecule has 5 nitrogen and oxygen atoms in total. The fraction of sp³-hybridized carbons (Fsp3) is 0.0909. The Morgan fingerprint density at radius 2 is 2.28 bits per heavy atom. The van der Waals surface area contributed by atoms with Crippen molar-refractivity contribution in [3.63, 3.8) is 0 Å². The number of halogens is 2. The molecule has 0 saturated heterocycles. The molecule has 94 valence electrons. The molecular formula is C11H9FIN3O2. The summed E-state index contributed by atoms with van der Waals surface area (Å²) in [6.07, 6.45) is 1.29. The molecule has 0 bridgehead atoms. The van der Waals surface area contributed by atoms with E-state index in [0.717, 1.165) is 0 Å². The second-order valence-electron chi connectivity index (χ2n) is 3.36. The Morgan fingerprint density at radius 1 is 1.50 bits per heavy atom. The lowest BCUT2D eigenvalue weighted by atomic mass is 10.3. The summed E-state index contributed by atoms with van der Waals surface area (Å²) < 4.78 is 18.5. The van der Waals surface area contributed by atoms with Crippen LogP contribution in [0.3, 0.4) is 0 Å². The number of benzene rings is 1. The Bertz CT molecular complexity index is 630. The summed E-state index contributed by atoms with van der Waals surface area (Å²) in [5.74, 6) is 0.336. The van der Waals surface area contributed by atoms with Crippen molar-refractivity contribution in [2.45, 2.75) is 0 Å². The monoisotopic (exact) mass is 361 g/mol. The van der Waals surface area contributed by atoms with E-state index in [-0.39, 0.29) is 5.56 Å². The second-order valence-corrected chi connectivity index (χ2v) is 4.44. The van der Waals surface area contributed by atoms with E-state index >= 15 is 0 Å². The van der Waals surface area contributed by atoms with Crippen molar-refractivity contribution in [2.75, 3.05) is 12.4 Å². The van der Waals surface area contributed by atoms with Gasteiger partial charge < -0.3 is 15.0 Å². The molecular weight excluding hydrogens is 352 g/mol. The lowest BCUT2D eigenvalue weighted by Crippen LogP contribution is -2.13. The second kappa shape index (κ2) is 5.34. The molecule has 0 radical (unpaired) electrons. The topological polar surface area (TPSA) is 67.0 Å². The highest BCUT2D eigenvalue weighted by Crippen LogP contribution is 2.28. The van der Waals surface area contributed by atoms with E-state index in [4.69, 9.17) is 4.74 Å². The number of hydrogen-bond acceptors (Lipinski definition) is 4. The van der Waals surface area contributed by atoms with Gasteiger partial charge in [0.1, 0.15) is 15.1 Å². The van der Waals surface area contributed by atoms with Crippen LogP contribution < -0.4 is 15.6 Å². The summed E-state index contributed by atoms with van der Waals surface area (Å²) in [5, 5.41) is 2.93. The Balaban J connectivity index is 2.40. The number of aromatic amines is 1. The van der Waals surface area contributed by atoms with Crippen molar-refractivity contribution in [1.82, 2.24) is 9.97 Å². The minimum absolute atomic E-state index is 0.242. The quantitative estimate of drug-likeness (QED) is 0.824. The van der Waals surface area contributed by atoms with Crippen LogP contribution >= 0.6 is 22.6 Å². The van der Waals surface area contributed by atoms with Crippen LogP contribution in [-0.2, 0) is 0 Å². The average molecular weight is 361 g/mol. The molecule has 18 heavy (non-hydrogen) atoms. The fourth-order valence-electron chi connectivity index (χ4n) is 1.37. The number of ether oxygens (including phenoxy) is 1. The van der Waals surface area contributed by atoms with Gasteiger partial charge in [0.2, 0.25) is 0 Å². The van der Waals surface area contributed by atoms with Crippen molar-refractivity contribution < 1.29 is 9.13 Å². The molecule has 2 rings (SSSR count). The van der Waals surface area contributed by atoms with E-state index in [1.54, 1.807) is 0 Å². The Morgan fingerprint density at radius 3 is 3.00 bits per heavy atom. The third-order valence-corrected chi connectivity index (χ3v) is 3.21. The molecule has 7 heteroatoms. The minimum Gasteiger partial charge on any atom is -0.494 e. The predicted molar refractivity (Wildman–Crippen MR) is 73.8 cm³/mol. The summed E-state index contributed by atoms with van der Waals surface area (Å²) in [6, 6.07) is 4.07. The standard InChI is InChI=1S/C11H9FIN3O2/c1-18-8-4-6(12)2-3-7(8)16-10-9(13)11(17)15-5-14-10/h2-5H,1H3,(H2,14,15,16,17). The first kappa shape index (κ1) is 12.8. The van der Waals surface area contributed by atoms with Crippen LogP contribution in [0.5, 0.6) is 5.75 Å². The van der Waals surface area contributed by atoms with Crippen LogP contribution in [0.15, 0.2) is 29.3 Å². The van der Waals surface area contributed by atoms with E-state index in [1.165, 1.54) is 31.6 Å². The maximum Gasteiger partial charge on any atom is 0.266 e. The van der Waals surface area contributed by atoms with E-state index < -0.39 is 5.82 Å². The minimum atomic E-state index is -0.397. The molecule has 1 aromatic carbocycles. The van der Waals surface area contributed by atoms with Crippen molar-refractivity contribution in [3.8, 4) is 5.75 Å². The Kier molecular flexibility index (Phi) is 3.80. The van der Waals surface area contributed by atoms with Crippen LogP contribution in [0.25, 0.3) is 0 Å². The van der Waals surface area contributed by atoms with Gasteiger partial charge >= 0.3 is 0 Å². The molecule has 0 atom stereocenters. The third-order valence-electron chi connectivity index (χ3n) is 2.21. The molecule has 0 aliphatic heterocycles. The fourth-order valence-corrected chi connectivity index (χ4v) is 1.80. The first-order valence-electron chi connectivity index (χ1n) is 4.95. The van der Waals surface area contributed by atoms with Gasteiger partial charge in [0, 0.05) is 6.07 Å². The number of methoxy groups -OCH3 is 1. The van der Waals surface area contributed by atoms with Gasteiger partial charge in [0.15, 0.2) is 5.82 Å². The van der Waals surface area contributed by atoms with E-state index in [1.807, 2.05) is 22.6 Å². The van der Waals surface area contributed by atoms with Crippen molar-refractivity contribution in [1.29, 1.82) is 0 Å². The molecule has 1 aromatic heterocycles. The number of rotatable bonds is 3. The highest BCUT2D eigenvalue weighted by Gasteiger charge is 2.09. The van der Waals surface area contributed by atoms with E-state index in [2.05, 4.69) is 15.3 Å². The Hall–Kier alpha value is -1.64. The summed E-state index contributed by atoms with van der Waals surface area (Å²) in [4.78, 5) is 17.9. The molecule has 0 saturated carbocycles. The smallest absolute Gasteiger partial charge is 0.266 e. The highest BCUT2D eigenvalue weighted by atomic mass is 127. The SMILES string of the molecule is COc1cc(F)ccc1Nc1nc[nH]c(=O)c1I. The average Bonchev–Trinajstić information content (AvgIpc) is 2.37. The third kappa shape index (κ3) is 2.61. The van der Waals surface area contributed by atoms with Crippen molar-refractivity contribution in [3.05, 3.63) is 44.3 Å². The molecule has 0 amide bonds. The van der Waals surface area contributed by atoms with Gasteiger partial charge in [-0.15, -0.1) is 0 Å². The van der Waals surface area contributed by atoms with E-state index in [9.17, 15) is 9.18 Å². The Labute approximate surface area is 116 Å². The van der Waals surface area contributed by atoms with Gasteiger partial charge in [-0.1, -0.05) is 0 Å². The zero-order valence-electron chi connectivity index (χ0n) is 9.33. The molecule has 1 heterocycles. The number of H-pyrrole nitrogens is 1. The number of hydrogen-bond donors (Lipinski definition) is 2. The summed E-state index contributed by atoms with van der Waals surface area (Å²) in [6.45, 7) is 0. The zero-order valence-corrected chi connectivity index (χ0v) is 11.5. The molecule has 0 aliphatic rings. The van der Waals surface area contributed by atoms with Crippen molar-refractivity contribution in [2.24, 2.45) is 0 Å². The lowest BCUT2D eigenvalue weighted by molar-refractivity contribution is 0.413. The first-order valence-corrected chi connectivity index (χ1v) is 6.03. The number of nitrogens with zero attached hydrogens (tertiary/aromatic N) is 1. The predicted octanol–water partition coefficient (Wildman–Crippen LogP) is 2.27. The van der Waals surface area contributed by atoms with Gasteiger partial charge in [-0.3, -0.25) is 4.79 Å². The van der Waals surface area contributed by atoms with Crippen LogP contribution in [-0.4, -0.2) is 17.1 Å². The van der Waals surface area contributed by atoms with Gasteiger partial charge in [-0.05, 0) is 34.7 Å². The van der Waals surface area contributed by atoms with Gasteiger partial charge in [-0.2, -0.15) is 0 Å². The normalized spacial score (nSPS) is 10.2. The molecule has 0 spiro atoms. The maximum absolute atomic E-state index is 13.0. The highest BCUT2D eigenvalue weighted by molar-refractivity contribution is 14.1. The van der Waals surface area contributed by atoms with Crippen LogP contribution in [0.1, 0.15) is 0 Å². The lowest BCUT2D eigenvalue weighted by Gasteiger charge is -2.11. The molecule has 0 fully saturated rings. The van der Waals surface area contributed by atoms with Crippen LogP contribution in [0.4, 0.5) is 15.9 Å². The number of anilines is 2. The van der Waals surface area contributed by atoms with Crippen LogP contribution in [0.2, 0.25) is 0 Å². The summed E-state index contributed by atoms with van der Waals surface area (Å²) >= 11 is 1.88. The summed E-state index contributed by atoms with van der Waals surface area (Å²) in [7, 11) is 1.44. The summed E-state index contributed by atoms with van der Waals surface area (Å²) in [5.41, 5.74) is 0.295. The maximum atomic E-state index is 13.0. The van der Waals surface area contributed by atoms with Gasteiger partial charge in [-0.25, -0.2) is 9.37 Å². The first-order chi connectivity index (χ1) is 8.61.